The predicted molar refractivity (Wildman–Crippen MR) is 104 cm³/mol. The smallest absolute Gasteiger partial charge is 0.243 e. The summed E-state index contributed by atoms with van der Waals surface area (Å²) in [5.74, 6) is 1.59. The van der Waals surface area contributed by atoms with Crippen LogP contribution in [0.4, 0.5) is 0 Å². The van der Waals surface area contributed by atoms with Crippen molar-refractivity contribution in [3.63, 3.8) is 0 Å². The van der Waals surface area contributed by atoms with Crippen LogP contribution in [-0.2, 0) is 16.1 Å². The van der Waals surface area contributed by atoms with Crippen molar-refractivity contribution in [2.24, 2.45) is 4.99 Å². The topological polar surface area (TPSA) is 95.2 Å². The van der Waals surface area contributed by atoms with Crippen LogP contribution < -0.4 is 10.6 Å². The Morgan fingerprint density at radius 1 is 1.33 bits per heavy atom. The van der Waals surface area contributed by atoms with Gasteiger partial charge in [-0.3, -0.25) is 9.69 Å². The highest BCUT2D eigenvalue weighted by Crippen LogP contribution is 2.13. The normalized spacial score (nSPS) is 15.8. The third-order valence-corrected chi connectivity index (χ3v) is 4.29. The van der Waals surface area contributed by atoms with E-state index in [1.165, 1.54) is 4.90 Å². The molecule has 9 nitrogen and oxygen atoms in total. The summed E-state index contributed by atoms with van der Waals surface area (Å²) in [6.45, 7) is 9.76. The zero-order valence-corrected chi connectivity index (χ0v) is 16.8. The second-order valence-electron chi connectivity index (χ2n) is 7.06. The van der Waals surface area contributed by atoms with Crippen molar-refractivity contribution in [2.45, 2.75) is 26.3 Å². The third-order valence-electron chi connectivity index (χ3n) is 4.29. The SMILES string of the molecule is CC(C)c1cc(CNC(=NCC(=O)N(C)C)NCCN2CCOCC2)on1. The van der Waals surface area contributed by atoms with E-state index in [1.807, 2.05) is 6.07 Å². The summed E-state index contributed by atoms with van der Waals surface area (Å²) in [6, 6.07) is 1.94. The van der Waals surface area contributed by atoms with Crippen molar-refractivity contribution >= 4 is 11.9 Å². The zero-order chi connectivity index (χ0) is 19.6. The minimum absolute atomic E-state index is 0.0500. The predicted octanol–water partition coefficient (Wildman–Crippen LogP) is 0.254. The van der Waals surface area contributed by atoms with Crippen LogP contribution in [0.2, 0.25) is 0 Å². The maximum absolute atomic E-state index is 11.8. The lowest BCUT2D eigenvalue weighted by Gasteiger charge is -2.26. The number of guanidine groups is 1. The van der Waals surface area contributed by atoms with Crippen molar-refractivity contribution in [1.82, 2.24) is 25.6 Å². The molecule has 0 atom stereocenters. The molecule has 2 heterocycles. The van der Waals surface area contributed by atoms with Crippen molar-refractivity contribution in [1.29, 1.82) is 0 Å². The van der Waals surface area contributed by atoms with Crippen LogP contribution in [0.25, 0.3) is 0 Å². The molecule has 0 unspecified atom stereocenters. The van der Waals surface area contributed by atoms with E-state index < -0.39 is 0 Å². The van der Waals surface area contributed by atoms with Gasteiger partial charge >= 0.3 is 0 Å². The number of morpholine rings is 1. The van der Waals surface area contributed by atoms with Gasteiger partial charge in [0.15, 0.2) is 11.7 Å². The molecule has 1 aromatic heterocycles. The number of amides is 1. The zero-order valence-electron chi connectivity index (χ0n) is 16.8. The van der Waals surface area contributed by atoms with Crippen molar-refractivity contribution < 1.29 is 14.1 Å². The molecular weight excluding hydrogens is 348 g/mol. The summed E-state index contributed by atoms with van der Waals surface area (Å²) in [5.41, 5.74) is 0.924. The number of nitrogens with one attached hydrogen (secondary N) is 2. The van der Waals surface area contributed by atoms with Gasteiger partial charge in [-0.05, 0) is 5.92 Å². The van der Waals surface area contributed by atoms with Crippen molar-refractivity contribution in [2.75, 3.05) is 60.0 Å². The maximum atomic E-state index is 11.8. The number of rotatable bonds is 8. The van der Waals surface area contributed by atoms with Gasteiger partial charge in [0, 0.05) is 46.3 Å². The lowest BCUT2D eigenvalue weighted by atomic mass is 10.1. The van der Waals surface area contributed by atoms with Crippen molar-refractivity contribution in [3.8, 4) is 0 Å². The molecule has 152 valence electrons. The molecule has 0 aromatic carbocycles. The molecule has 0 bridgehead atoms. The van der Waals surface area contributed by atoms with Gasteiger partial charge in [0.25, 0.3) is 0 Å². The van der Waals surface area contributed by atoms with E-state index in [9.17, 15) is 4.79 Å². The quantitative estimate of drug-likeness (QED) is 0.493. The molecule has 0 radical (unpaired) electrons. The van der Waals surface area contributed by atoms with Gasteiger partial charge < -0.3 is 24.8 Å². The molecule has 1 aliphatic heterocycles. The Morgan fingerprint density at radius 2 is 2.07 bits per heavy atom. The number of aromatic nitrogens is 1. The first-order valence-corrected chi connectivity index (χ1v) is 9.43. The Kier molecular flexibility index (Phi) is 8.53. The highest BCUT2D eigenvalue weighted by atomic mass is 16.5. The standard InChI is InChI=1S/C18H32N6O3/c1-14(2)16-11-15(27-22-16)12-20-18(21-13-17(25)23(3)4)19-5-6-24-7-9-26-10-8-24/h11,14H,5-10,12-13H2,1-4H3,(H2,19,20,21). The molecule has 1 saturated heterocycles. The molecule has 0 spiro atoms. The summed E-state index contributed by atoms with van der Waals surface area (Å²) in [5, 5.41) is 10.6. The number of hydrogen-bond donors (Lipinski definition) is 2. The van der Waals surface area contributed by atoms with Crippen LogP contribution in [0.15, 0.2) is 15.6 Å². The molecule has 9 heteroatoms. The average Bonchev–Trinajstić information content (AvgIpc) is 3.13. The molecule has 0 aliphatic carbocycles. The van der Waals surface area contributed by atoms with Gasteiger partial charge in [-0.25, -0.2) is 4.99 Å². The van der Waals surface area contributed by atoms with Gasteiger partial charge in [0.05, 0.1) is 25.5 Å². The average molecular weight is 380 g/mol. The largest absolute Gasteiger partial charge is 0.379 e. The van der Waals surface area contributed by atoms with Gasteiger partial charge in [0.1, 0.15) is 6.54 Å². The Labute approximate surface area is 161 Å². The fourth-order valence-corrected chi connectivity index (χ4v) is 2.47. The number of carbonyl (C=O) groups excluding carboxylic acids is 1. The number of likely N-dealkylation sites (N-methyl/N-ethyl adjacent to an activating group) is 1. The van der Waals surface area contributed by atoms with E-state index in [0.717, 1.165) is 50.8 Å². The molecule has 0 saturated carbocycles. The van der Waals surface area contributed by atoms with E-state index in [0.29, 0.717) is 18.4 Å². The number of hydrogen-bond acceptors (Lipinski definition) is 6. The highest BCUT2D eigenvalue weighted by Gasteiger charge is 2.11. The molecule has 2 N–H and O–H groups in total. The number of ether oxygens (including phenoxy) is 1. The Hall–Kier alpha value is -2.13. The van der Waals surface area contributed by atoms with E-state index in [4.69, 9.17) is 9.26 Å². The van der Waals surface area contributed by atoms with E-state index in [2.05, 4.69) is 39.5 Å². The first-order valence-electron chi connectivity index (χ1n) is 9.43. The summed E-state index contributed by atoms with van der Waals surface area (Å²) in [6.07, 6.45) is 0. The van der Waals surface area contributed by atoms with E-state index in [-0.39, 0.29) is 12.5 Å². The summed E-state index contributed by atoms with van der Waals surface area (Å²) < 4.78 is 10.7. The van der Waals surface area contributed by atoms with E-state index in [1.54, 1.807) is 14.1 Å². The summed E-state index contributed by atoms with van der Waals surface area (Å²) in [7, 11) is 3.44. The van der Waals surface area contributed by atoms with Gasteiger partial charge in [-0.2, -0.15) is 0 Å². The van der Waals surface area contributed by atoms with Gasteiger partial charge in [-0.15, -0.1) is 0 Å². The monoisotopic (exact) mass is 380 g/mol. The van der Waals surface area contributed by atoms with Crippen LogP contribution in [-0.4, -0.2) is 86.9 Å². The Morgan fingerprint density at radius 3 is 2.70 bits per heavy atom. The molecule has 1 aliphatic rings. The Balaban J connectivity index is 1.87. The molecule has 1 aromatic rings. The number of nitrogens with zero attached hydrogens (tertiary/aromatic N) is 4. The summed E-state index contributed by atoms with van der Waals surface area (Å²) >= 11 is 0. The number of carbonyl (C=O) groups is 1. The Bertz CT molecular complexity index is 608. The van der Waals surface area contributed by atoms with Crippen LogP contribution in [0.5, 0.6) is 0 Å². The highest BCUT2D eigenvalue weighted by molar-refractivity contribution is 5.84. The van der Waals surface area contributed by atoms with Crippen LogP contribution >= 0.6 is 0 Å². The van der Waals surface area contributed by atoms with Crippen LogP contribution in [0, 0.1) is 0 Å². The summed E-state index contributed by atoms with van der Waals surface area (Å²) in [4.78, 5) is 20.1. The second kappa shape index (κ2) is 10.9. The third kappa shape index (κ3) is 7.56. The van der Waals surface area contributed by atoms with Gasteiger partial charge in [0.2, 0.25) is 5.91 Å². The van der Waals surface area contributed by atoms with Crippen LogP contribution in [0.1, 0.15) is 31.2 Å². The first kappa shape index (κ1) is 21.2. The number of aliphatic imine (C=N–C) groups is 1. The fraction of sp³-hybridized carbons (Fsp3) is 0.722. The molecule has 27 heavy (non-hydrogen) atoms. The molecular formula is C18H32N6O3. The first-order chi connectivity index (χ1) is 13.0. The molecule has 1 amide bonds. The van der Waals surface area contributed by atoms with E-state index >= 15 is 0 Å². The lowest BCUT2D eigenvalue weighted by molar-refractivity contribution is -0.127. The van der Waals surface area contributed by atoms with Crippen LogP contribution in [0.3, 0.4) is 0 Å². The maximum Gasteiger partial charge on any atom is 0.243 e. The second-order valence-corrected chi connectivity index (χ2v) is 7.06. The fourth-order valence-electron chi connectivity index (χ4n) is 2.47. The molecule has 2 rings (SSSR count). The minimum atomic E-state index is -0.0500. The van der Waals surface area contributed by atoms with Gasteiger partial charge in [-0.1, -0.05) is 19.0 Å². The molecule has 1 fully saturated rings. The minimum Gasteiger partial charge on any atom is -0.379 e. The lowest BCUT2D eigenvalue weighted by Crippen LogP contribution is -2.44. The van der Waals surface area contributed by atoms with Crippen molar-refractivity contribution in [3.05, 3.63) is 17.5 Å².